The monoisotopic (exact) mass is 989 g/mol. The Hall–Kier alpha value is -6.00. The number of furan rings is 1. The predicted octanol–water partition coefficient (Wildman–Crippen LogP) is 18.2. The zero-order valence-electron chi connectivity index (χ0n) is 48.7. The van der Waals surface area contributed by atoms with Gasteiger partial charge in [0.15, 0.2) is 0 Å². The molecule has 0 spiro atoms. The van der Waals surface area contributed by atoms with Gasteiger partial charge in [0.1, 0.15) is 11.2 Å². The number of nitrogens with zero attached hydrogens (tertiary/aromatic N) is 2. The van der Waals surface area contributed by atoms with Crippen LogP contribution in [0, 0.1) is 6.92 Å². The number of rotatable bonds is 3. The lowest BCUT2D eigenvalue weighted by Crippen LogP contribution is -2.62. The van der Waals surface area contributed by atoms with Crippen LogP contribution in [-0.2, 0) is 37.9 Å². The van der Waals surface area contributed by atoms with E-state index >= 15 is 0 Å². The summed E-state index contributed by atoms with van der Waals surface area (Å²) in [5.41, 5.74) is 26.8. The van der Waals surface area contributed by atoms with Gasteiger partial charge < -0.3 is 14.2 Å². The third kappa shape index (κ3) is 7.63. The van der Waals surface area contributed by atoms with E-state index in [2.05, 4.69) is 250 Å². The van der Waals surface area contributed by atoms with Crippen LogP contribution in [0.25, 0.3) is 33.1 Å². The molecule has 0 fully saturated rings. The molecule has 0 unspecified atom stereocenters. The summed E-state index contributed by atoms with van der Waals surface area (Å²) in [6, 6.07) is 46.0. The minimum Gasteiger partial charge on any atom is -0.457 e. The fourth-order valence-electron chi connectivity index (χ4n) is 13.8. The summed E-state index contributed by atoms with van der Waals surface area (Å²) < 4.78 is 7.64. The summed E-state index contributed by atoms with van der Waals surface area (Å²) in [7, 11) is 0. The SMILES string of the molecule is Cc1cc2c(cc1N1c3ccc(C(C)(C)C)cc3B3c4c1cc(C(C)(C)C)cc4N(c1ccc(C(C)(C)C)cc1-c1ccccc1)c1ccc4c(oc5cc6c(cc54)C(C)(C)CCC6(C)C)c13)C(C)(C)CCC2(C)C. The predicted molar refractivity (Wildman–Crippen MR) is 325 cm³/mol. The zero-order valence-corrected chi connectivity index (χ0v) is 48.7. The van der Waals surface area contributed by atoms with Crippen molar-refractivity contribution in [1.82, 2.24) is 0 Å². The fraction of sp³-hybridized carbons (Fsp3) is 0.408. The van der Waals surface area contributed by atoms with Crippen LogP contribution >= 0.6 is 0 Å². The van der Waals surface area contributed by atoms with Crippen molar-refractivity contribution in [2.24, 2.45) is 0 Å². The number of aryl methyl sites for hydroxylation is 1. The van der Waals surface area contributed by atoms with Crippen LogP contribution in [0.1, 0.15) is 188 Å². The number of hydrogen-bond acceptors (Lipinski definition) is 3. The van der Waals surface area contributed by atoms with Crippen molar-refractivity contribution >= 4 is 79.2 Å². The van der Waals surface area contributed by atoms with Crippen molar-refractivity contribution in [2.75, 3.05) is 9.80 Å². The van der Waals surface area contributed by atoms with Crippen molar-refractivity contribution in [3.63, 3.8) is 0 Å². The van der Waals surface area contributed by atoms with Crippen molar-refractivity contribution in [2.45, 2.75) is 188 Å². The second-order valence-electron chi connectivity index (χ2n) is 29.2. The second-order valence-corrected chi connectivity index (χ2v) is 29.2. The molecule has 12 rings (SSSR count). The minimum atomic E-state index is -0.159. The Morgan fingerprint density at radius 1 is 0.427 bits per heavy atom. The molecule has 0 saturated heterocycles. The lowest BCUT2D eigenvalue weighted by atomic mass is 9.33. The van der Waals surface area contributed by atoms with Gasteiger partial charge in [-0.25, -0.2) is 0 Å². The molecule has 0 radical (unpaired) electrons. The summed E-state index contributed by atoms with van der Waals surface area (Å²) in [5.74, 6) is 0. The van der Waals surface area contributed by atoms with E-state index in [0.29, 0.717) is 0 Å². The Morgan fingerprint density at radius 2 is 0.920 bits per heavy atom. The van der Waals surface area contributed by atoms with E-state index in [1.54, 1.807) is 0 Å². The molecule has 0 atom stereocenters. The van der Waals surface area contributed by atoms with E-state index in [0.717, 1.165) is 30.4 Å². The van der Waals surface area contributed by atoms with E-state index in [9.17, 15) is 0 Å². The minimum absolute atomic E-state index is 0.0383. The van der Waals surface area contributed by atoms with Gasteiger partial charge in [-0.05, 0) is 198 Å². The molecule has 384 valence electrons. The van der Waals surface area contributed by atoms with Gasteiger partial charge in [-0.2, -0.15) is 0 Å². The van der Waals surface area contributed by atoms with Crippen molar-refractivity contribution in [1.29, 1.82) is 0 Å². The Bertz CT molecular complexity index is 3690. The highest BCUT2D eigenvalue weighted by molar-refractivity contribution is 7.01. The van der Waals surface area contributed by atoms with Gasteiger partial charge in [0.25, 0.3) is 6.71 Å². The molecular formula is C71H81BN2O. The molecule has 2 aliphatic heterocycles. The van der Waals surface area contributed by atoms with Crippen LogP contribution in [0.15, 0.2) is 120 Å². The standard InChI is InChI=1S/C71H81BN2O/c1-42-34-50-52(70(15,16)32-30-68(50,11)12)40-58(42)74-56-28-25-45(66(5,6)7)36-54(56)72-62-59(37-46(38-60(62)74)67(8,9)10)73(55-27-24-44(65(2,3)4)35-48(55)43-22-20-19-21-23-43)57-29-26-47-49-39-51-53(41-61(49)75-64(47)63(57)72)71(17,18)33-31-69(51,13)14/h19-29,34-41H,30-33H2,1-18H3. The van der Waals surface area contributed by atoms with E-state index < -0.39 is 0 Å². The van der Waals surface area contributed by atoms with Gasteiger partial charge in [0, 0.05) is 44.8 Å². The average Bonchev–Trinajstić information content (AvgIpc) is 3.71. The van der Waals surface area contributed by atoms with Gasteiger partial charge in [-0.1, -0.05) is 172 Å². The second kappa shape index (κ2) is 16.0. The highest BCUT2D eigenvalue weighted by Crippen LogP contribution is 2.54. The summed E-state index contributed by atoms with van der Waals surface area (Å²) in [5, 5.41) is 2.41. The molecular weight excluding hydrogens is 908 g/mol. The molecule has 2 aliphatic carbocycles. The molecule has 0 amide bonds. The Labute approximate surface area is 450 Å². The molecule has 3 nitrogen and oxygen atoms in total. The quantitative estimate of drug-likeness (QED) is 0.165. The summed E-state index contributed by atoms with van der Waals surface area (Å²) in [6.45, 7) is 43.1. The van der Waals surface area contributed by atoms with Crippen LogP contribution in [0.2, 0.25) is 0 Å². The molecule has 7 aromatic carbocycles. The molecule has 4 heteroatoms. The Kier molecular flexibility index (Phi) is 10.7. The summed E-state index contributed by atoms with van der Waals surface area (Å²) >= 11 is 0. The maximum absolute atomic E-state index is 7.64. The lowest BCUT2D eigenvalue weighted by Gasteiger charge is -2.47. The largest absolute Gasteiger partial charge is 0.457 e. The molecule has 3 heterocycles. The summed E-state index contributed by atoms with van der Waals surface area (Å²) in [6.07, 6.45) is 4.66. The fourth-order valence-corrected chi connectivity index (χ4v) is 13.8. The molecule has 75 heavy (non-hydrogen) atoms. The smallest absolute Gasteiger partial charge is 0.257 e. The first-order valence-electron chi connectivity index (χ1n) is 28.3. The zero-order chi connectivity index (χ0) is 53.5. The third-order valence-electron chi connectivity index (χ3n) is 19.0. The molecule has 8 aromatic rings. The summed E-state index contributed by atoms with van der Waals surface area (Å²) in [4.78, 5) is 5.35. The van der Waals surface area contributed by atoms with Crippen LogP contribution < -0.4 is 26.2 Å². The van der Waals surface area contributed by atoms with E-state index in [1.165, 1.54) is 123 Å². The Morgan fingerprint density at radius 3 is 1.49 bits per heavy atom. The van der Waals surface area contributed by atoms with Gasteiger partial charge in [-0.15, -0.1) is 0 Å². The number of anilines is 6. The molecule has 1 aromatic heterocycles. The van der Waals surface area contributed by atoms with Crippen molar-refractivity contribution in [3.8, 4) is 11.1 Å². The van der Waals surface area contributed by atoms with Crippen LogP contribution in [-0.4, -0.2) is 6.71 Å². The molecule has 0 saturated carbocycles. The van der Waals surface area contributed by atoms with Gasteiger partial charge in [-0.3, -0.25) is 0 Å². The number of hydrogen-bond donors (Lipinski definition) is 0. The van der Waals surface area contributed by atoms with Gasteiger partial charge >= 0.3 is 0 Å². The van der Waals surface area contributed by atoms with Crippen LogP contribution in [0.5, 0.6) is 0 Å². The molecule has 4 aliphatic rings. The highest BCUT2D eigenvalue weighted by atomic mass is 16.3. The van der Waals surface area contributed by atoms with E-state index in [4.69, 9.17) is 4.42 Å². The van der Waals surface area contributed by atoms with Gasteiger partial charge in [0.2, 0.25) is 0 Å². The normalized spacial score (nSPS) is 18.1. The first kappa shape index (κ1) is 49.9. The third-order valence-corrected chi connectivity index (χ3v) is 19.0. The van der Waals surface area contributed by atoms with E-state index in [-0.39, 0.29) is 44.6 Å². The maximum Gasteiger partial charge on any atom is 0.257 e. The van der Waals surface area contributed by atoms with Crippen LogP contribution in [0.4, 0.5) is 34.1 Å². The lowest BCUT2D eigenvalue weighted by molar-refractivity contribution is 0.332. The maximum atomic E-state index is 7.64. The van der Waals surface area contributed by atoms with Gasteiger partial charge in [0.05, 0.1) is 5.69 Å². The average molecular weight is 989 g/mol. The Balaban J connectivity index is 1.26. The van der Waals surface area contributed by atoms with E-state index in [1.807, 2.05) is 0 Å². The topological polar surface area (TPSA) is 19.6 Å². The van der Waals surface area contributed by atoms with Crippen LogP contribution in [0.3, 0.4) is 0 Å². The van der Waals surface area contributed by atoms with Crippen molar-refractivity contribution in [3.05, 3.63) is 160 Å². The molecule has 0 bridgehead atoms. The number of fused-ring (bicyclic) bond motifs is 10. The number of benzene rings is 7. The highest BCUT2D eigenvalue weighted by Gasteiger charge is 2.48. The molecule has 0 N–H and O–H groups in total. The first-order chi connectivity index (χ1) is 35.0. The van der Waals surface area contributed by atoms with Crippen molar-refractivity contribution < 1.29 is 4.42 Å². The first-order valence-corrected chi connectivity index (χ1v) is 28.3.